The zero-order chi connectivity index (χ0) is 11.5. The van der Waals surface area contributed by atoms with Crippen LogP contribution in [-0.2, 0) is 4.79 Å². The minimum Gasteiger partial charge on any atom is -0.479 e. The molecule has 0 saturated carbocycles. The van der Waals surface area contributed by atoms with Crippen LogP contribution in [-0.4, -0.2) is 20.6 Å². The number of carboxylic acid groups (broad SMARTS) is 1. The van der Waals surface area contributed by atoms with Gasteiger partial charge >= 0.3 is 5.97 Å². The number of hydrogen-bond donors (Lipinski definition) is 1. The Morgan fingerprint density at radius 3 is 2.56 bits per heavy atom. The van der Waals surface area contributed by atoms with Gasteiger partial charge in [0.25, 0.3) is 0 Å². The maximum atomic E-state index is 11.2. The summed E-state index contributed by atoms with van der Waals surface area (Å²) < 4.78 is 1.53. The Morgan fingerprint density at radius 1 is 1.38 bits per heavy atom. The van der Waals surface area contributed by atoms with Crippen LogP contribution in [0.1, 0.15) is 11.6 Å². The van der Waals surface area contributed by atoms with Gasteiger partial charge in [-0.05, 0) is 17.7 Å². The molecule has 82 valence electrons. The van der Waals surface area contributed by atoms with E-state index in [9.17, 15) is 9.90 Å². The highest BCUT2D eigenvalue weighted by atomic mass is 35.5. The van der Waals surface area contributed by atoms with E-state index < -0.39 is 12.0 Å². The van der Waals surface area contributed by atoms with E-state index in [-0.39, 0.29) is 0 Å². The first-order valence-electron chi connectivity index (χ1n) is 4.64. The van der Waals surface area contributed by atoms with E-state index >= 15 is 0 Å². The van der Waals surface area contributed by atoms with Crippen molar-refractivity contribution in [1.29, 1.82) is 0 Å². The Balaban J connectivity index is 2.41. The zero-order valence-corrected chi connectivity index (χ0v) is 9.00. The smallest absolute Gasteiger partial charge is 0.331 e. The molecule has 2 aromatic rings. The first-order valence-corrected chi connectivity index (χ1v) is 5.02. The number of carbonyl (C=O) groups is 1. The molecule has 4 nitrogen and oxygen atoms in total. The number of rotatable bonds is 3. The van der Waals surface area contributed by atoms with Crippen LogP contribution in [0, 0.1) is 0 Å². The Morgan fingerprint density at radius 2 is 2.06 bits per heavy atom. The molecule has 0 aliphatic carbocycles. The molecule has 0 radical (unpaired) electrons. The molecule has 1 aromatic carbocycles. The van der Waals surface area contributed by atoms with E-state index in [1.807, 2.05) is 0 Å². The summed E-state index contributed by atoms with van der Waals surface area (Å²) in [5.41, 5.74) is 0.662. The molecule has 5 heteroatoms. The fourth-order valence-electron chi connectivity index (χ4n) is 1.51. The number of imidazole rings is 1. The summed E-state index contributed by atoms with van der Waals surface area (Å²) >= 11 is 5.75. The molecule has 2 rings (SSSR count). The van der Waals surface area contributed by atoms with E-state index in [0.717, 1.165) is 0 Å². The number of aromatic nitrogens is 2. The third-order valence-electron chi connectivity index (χ3n) is 2.24. The number of halogens is 1. The van der Waals surface area contributed by atoms with Crippen LogP contribution < -0.4 is 0 Å². The van der Waals surface area contributed by atoms with E-state index in [4.69, 9.17) is 11.6 Å². The van der Waals surface area contributed by atoms with Gasteiger partial charge in [0, 0.05) is 17.4 Å². The van der Waals surface area contributed by atoms with Crippen LogP contribution >= 0.6 is 11.6 Å². The number of hydrogen-bond acceptors (Lipinski definition) is 2. The Kier molecular flexibility index (Phi) is 2.92. The molecule has 0 amide bonds. The average Bonchev–Trinajstić information content (AvgIpc) is 2.74. The van der Waals surface area contributed by atoms with Crippen molar-refractivity contribution in [3.8, 4) is 0 Å². The summed E-state index contributed by atoms with van der Waals surface area (Å²) in [6.07, 6.45) is 4.65. The van der Waals surface area contributed by atoms with Gasteiger partial charge in [-0.15, -0.1) is 0 Å². The Hall–Kier alpha value is -1.81. The highest BCUT2D eigenvalue weighted by Crippen LogP contribution is 2.20. The molecular weight excluding hydrogens is 228 g/mol. The van der Waals surface area contributed by atoms with E-state index in [2.05, 4.69) is 4.98 Å². The van der Waals surface area contributed by atoms with Crippen molar-refractivity contribution in [1.82, 2.24) is 9.55 Å². The topological polar surface area (TPSA) is 55.1 Å². The molecule has 0 aliphatic rings. The minimum atomic E-state index is -0.930. The minimum absolute atomic E-state index is 0.582. The molecule has 0 saturated heterocycles. The van der Waals surface area contributed by atoms with Gasteiger partial charge in [0.15, 0.2) is 6.04 Å². The lowest BCUT2D eigenvalue weighted by atomic mass is 10.1. The van der Waals surface area contributed by atoms with Gasteiger partial charge in [0.2, 0.25) is 0 Å². The molecule has 1 aromatic heterocycles. The van der Waals surface area contributed by atoms with Crippen LogP contribution in [0.5, 0.6) is 0 Å². The SMILES string of the molecule is O=C(O)C(c1ccc(Cl)cc1)n1ccnc1. The average molecular weight is 237 g/mol. The predicted molar refractivity (Wildman–Crippen MR) is 59.5 cm³/mol. The fourth-order valence-corrected chi connectivity index (χ4v) is 1.64. The fraction of sp³-hybridized carbons (Fsp3) is 0.0909. The summed E-state index contributed by atoms with van der Waals surface area (Å²) in [4.78, 5) is 15.0. The van der Waals surface area contributed by atoms with Crippen molar-refractivity contribution in [2.45, 2.75) is 6.04 Å². The highest BCUT2D eigenvalue weighted by molar-refractivity contribution is 6.30. The van der Waals surface area contributed by atoms with Crippen LogP contribution in [0.4, 0.5) is 0 Å². The van der Waals surface area contributed by atoms with Crippen LogP contribution in [0.3, 0.4) is 0 Å². The molecule has 0 spiro atoms. The van der Waals surface area contributed by atoms with Crippen molar-refractivity contribution >= 4 is 17.6 Å². The van der Waals surface area contributed by atoms with Gasteiger partial charge in [-0.25, -0.2) is 9.78 Å². The maximum Gasteiger partial charge on any atom is 0.331 e. The van der Waals surface area contributed by atoms with Gasteiger partial charge in [0.05, 0.1) is 6.33 Å². The van der Waals surface area contributed by atoms with Gasteiger partial charge < -0.3 is 9.67 Å². The van der Waals surface area contributed by atoms with Crippen LogP contribution in [0.25, 0.3) is 0 Å². The molecule has 0 aliphatic heterocycles. The molecule has 0 bridgehead atoms. The lowest BCUT2D eigenvalue weighted by Crippen LogP contribution is -2.18. The van der Waals surface area contributed by atoms with Crippen LogP contribution in [0.15, 0.2) is 43.0 Å². The quantitative estimate of drug-likeness (QED) is 0.889. The molecule has 1 unspecified atom stereocenters. The maximum absolute atomic E-state index is 11.2. The summed E-state index contributed by atoms with van der Waals surface area (Å²) in [7, 11) is 0. The van der Waals surface area contributed by atoms with Gasteiger partial charge in [-0.2, -0.15) is 0 Å². The van der Waals surface area contributed by atoms with E-state index in [1.54, 1.807) is 36.7 Å². The highest BCUT2D eigenvalue weighted by Gasteiger charge is 2.20. The lowest BCUT2D eigenvalue weighted by Gasteiger charge is -2.13. The molecule has 1 atom stereocenters. The van der Waals surface area contributed by atoms with Gasteiger partial charge in [-0.3, -0.25) is 0 Å². The van der Waals surface area contributed by atoms with Crippen molar-refractivity contribution in [3.05, 3.63) is 53.6 Å². The number of aliphatic carboxylic acids is 1. The Bertz CT molecular complexity index is 479. The normalized spacial score (nSPS) is 12.3. The molecule has 0 fully saturated rings. The summed E-state index contributed by atoms with van der Waals surface area (Å²) in [6, 6.07) is 5.97. The Labute approximate surface area is 97.1 Å². The standard InChI is InChI=1S/C11H9ClN2O2/c12-9-3-1-8(2-4-9)10(11(15)16)14-6-5-13-7-14/h1-7,10H,(H,15,16). The van der Waals surface area contributed by atoms with Gasteiger partial charge in [0.1, 0.15) is 0 Å². The predicted octanol–water partition coefficient (Wildman–Crippen LogP) is 2.21. The van der Waals surface area contributed by atoms with Crippen molar-refractivity contribution < 1.29 is 9.90 Å². The van der Waals surface area contributed by atoms with Crippen molar-refractivity contribution in [3.63, 3.8) is 0 Å². The third-order valence-corrected chi connectivity index (χ3v) is 2.49. The third kappa shape index (κ3) is 2.06. The number of carboxylic acids is 1. The monoisotopic (exact) mass is 236 g/mol. The largest absolute Gasteiger partial charge is 0.479 e. The van der Waals surface area contributed by atoms with E-state index in [1.165, 1.54) is 10.9 Å². The van der Waals surface area contributed by atoms with Gasteiger partial charge in [-0.1, -0.05) is 23.7 Å². The van der Waals surface area contributed by atoms with Crippen molar-refractivity contribution in [2.24, 2.45) is 0 Å². The van der Waals surface area contributed by atoms with Crippen LogP contribution in [0.2, 0.25) is 5.02 Å². The summed E-state index contributed by atoms with van der Waals surface area (Å²) in [5, 5.41) is 9.77. The first kappa shape index (κ1) is 10.7. The zero-order valence-electron chi connectivity index (χ0n) is 8.25. The van der Waals surface area contributed by atoms with E-state index in [0.29, 0.717) is 10.6 Å². The number of benzene rings is 1. The number of nitrogens with zero attached hydrogens (tertiary/aromatic N) is 2. The lowest BCUT2D eigenvalue weighted by molar-refractivity contribution is -0.139. The molecule has 1 N–H and O–H groups in total. The second kappa shape index (κ2) is 4.37. The summed E-state index contributed by atoms with van der Waals surface area (Å²) in [6.45, 7) is 0. The first-order chi connectivity index (χ1) is 7.68. The second-order valence-electron chi connectivity index (χ2n) is 3.30. The molecule has 16 heavy (non-hydrogen) atoms. The molecular formula is C11H9ClN2O2. The summed E-state index contributed by atoms with van der Waals surface area (Å²) in [5.74, 6) is -0.930. The molecule has 1 heterocycles. The second-order valence-corrected chi connectivity index (χ2v) is 3.74. The van der Waals surface area contributed by atoms with Crippen molar-refractivity contribution in [2.75, 3.05) is 0 Å².